The van der Waals surface area contributed by atoms with Crippen LogP contribution in [0.1, 0.15) is 24.3 Å². The highest BCUT2D eigenvalue weighted by Crippen LogP contribution is 2.30. The van der Waals surface area contributed by atoms with Crippen LogP contribution in [0.3, 0.4) is 0 Å². The molecule has 1 aromatic heterocycles. The molecular weight excluding hydrogens is 257 g/mol. The number of nitrogens with one attached hydrogen (secondary N) is 1. The first-order valence-corrected chi connectivity index (χ1v) is 6.71. The van der Waals surface area contributed by atoms with Crippen molar-refractivity contribution in [1.29, 1.82) is 0 Å². The largest absolute Gasteiger partial charge is 0.376 e. The number of thiophene rings is 1. The molecule has 0 bridgehead atoms. The van der Waals surface area contributed by atoms with E-state index >= 15 is 0 Å². The Bertz CT molecular complexity index is 484. The van der Waals surface area contributed by atoms with Gasteiger partial charge in [-0.2, -0.15) is 0 Å². The molecule has 1 aromatic carbocycles. The number of rotatable bonds is 4. The van der Waals surface area contributed by atoms with Gasteiger partial charge in [-0.05, 0) is 36.1 Å². The second-order valence-corrected chi connectivity index (χ2v) is 5.13. The molecule has 0 amide bonds. The van der Waals surface area contributed by atoms with Crippen molar-refractivity contribution in [2.45, 2.75) is 19.4 Å². The maximum Gasteiger partial charge on any atom is 0.125 e. The molecule has 1 N–H and O–H groups in total. The van der Waals surface area contributed by atoms with Crippen LogP contribution in [0.4, 0.5) is 10.1 Å². The molecule has 1 unspecified atom stereocenters. The summed E-state index contributed by atoms with van der Waals surface area (Å²) in [5.74, 6) is -0.280. The Labute approximate surface area is 109 Å². The predicted molar refractivity (Wildman–Crippen MR) is 72.4 cm³/mol. The standard InChI is InChI=1S/C13H13ClFNS/c1-2-11(13-4-3-7-17-13)16-12-8-9(15)5-6-10(12)14/h3-8,11,16H,2H2,1H3. The summed E-state index contributed by atoms with van der Waals surface area (Å²) < 4.78 is 13.1. The quantitative estimate of drug-likeness (QED) is 0.814. The molecule has 17 heavy (non-hydrogen) atoms. The van der Waals surface area contributed by atoms with E-state index in [2.05, 4.69) is 18.3 Å². The van der Waals surface area contributed by atoms with Gasteiger partial charge in [0.1, 0.15) is 5.82 Å². The summed E-state index contributed by atoms with van der Waals surface area (Å²) >= 11 is 7.72. The van der Waals surface area contributed by atoms with Crippen LogP contribution in [0.5, 0.6) is 0 Å². The van der Waals surface area contributed by atoms with Crippen molar-refractivity contribution in [1.82, 2.24) is 0 Å². The SMILES string of the molecule is CCC(Nc1cc(F)ccc1Cl)c1cccs1. The summed E-state index contributed by atoms with van der Waals surface area (Å²) in [7, 11) is 0. The van der Waals surface area contributed by atoms with E-state index in [1.54, 1.807) is 17.4 Å². The highest BCUT2D eigenvalue weighted by Gasteiger charge is 2.12. The van der Waals surface area contributed by atoms with Gasteiger partial charge in [0.05, 0.1) is 16.8 Å². The van der Waals surface area contributed by atoms with Crippen molar-refractivity contribution in [2.75, 3.05) is 5.32 Å². The zero-order valence-corrected chi connectivity index (χ0v) is 11.0. The Balaban J connectivity index is 2.21. The minimum Gasteiger partial charge on any atom is -0.376 e. The first-order valence-electron chi connectivity index (χ1n) is 5.45. The van der Waals surface area contributed by atoms with Gasteiger partial charge in [-0.25, -0.2) is 4.39 Å². The molecule has 1 nitrogen and oxygen atoms in total. The van der Waals surface area contributed by atoms with Crippen molar-refractivity contribution in [3.63, 3.8) is 0 Å². The van der Waals surface area contributed by atoms with Crippen LogP contribution in [0, 0.1) is 5.82 Å². The minimum absolute atomic E-state index is 0.175. The molecule has 2 rings (SSSR count). The van der Waals surface area contributed by atoms with Gasteiger partial charge in [0, 0.05) is 4.88 Å². The Kier molecular flexibility index (Phi) is 4.02. The molecule has 0 aliphatic heterocycles. The average molecular weight is 270 g/mol. The van der Waals surface area contributed by atoms with Crippen LogP contribution < -0.4 is 5.32 Å². The van der Waals surface area contributed by atoms with E-state index in [9.17, 15) is 4.39 Å². The van der Waals surface area contributed by atoms with Gasteiger partial charge in [0.25, 0.3) is 0 Å². The van der Waals surface area contributed by atoms with E-state index in [4.69, 9.17) is 11.6 Å². The van der Waals surface area contributed by atoms with E-state index in [-0.39, 0.29) is 11.9 Å². The fourth-order valence-electron chi connectivity index (χ4n) is 1.66. The first-order chi connectivity index (χ1) is 8.20. The summed E-state index contributed by atoms with van der Waals surface area (Å²) in [6, 6.07) is 8.61. The lowest BCUT2D eigenvalue weighted by Crippen LogP contribution is -2.08. The second-order valence-electron chi connectivity index (χ2n) is 3.74. The van der Waals surface area contributed by atoms with Crippen LogP contribution >= 0.6 is 22.9 Å². The molecule has 1 heterocycles. The number of benzene rings is 1. The minimum atomic E-state index is -0.280. The van der Waals surface area contributed by atoms with Crippen molar-refractivity contribution < 1.29 is 4.39 Å². The van der Waals surface area contributed by atoms with E-state index < -0.39 is 0 Å². The molecule has 1 atom stereocenters. The highest BCUT2D eigenvalue weighted by atomic mass is 35.5. The van der Waals surface area contributed by atoms with Gasteiger partial charge in [-0.1, -0.05) is 24.6 Å². The van der Waals surface area contributed by atoms with E-state index in [1.807, 2.05) is 11.4 Å². The molecule has 0 fully saturated rings. The van der Waals surface area contributed by atoms with Crippen molar-refractivity contribution >= 4 is 28.6 Å². The Morgan fingerprint density at radius 3 is 2.88 bits per heavy atom. The zero-order valence-electron chi connectivity index (χ0n) is 9.41. The Morgan fingerprint density at radius 2 is 2.24 bits per heavy atom. The van der Waals surface area contributed by atoms with Crippen LogP contribution in [0.2, 0.25) is 5.02 Å². The Morgan fingerprint density at radius 1 is 1.41 bits per heavy atom. The highest BCUT2D eigenvalue weighted by molar-refractivity contribution is 7.10. The summed E-state index contributed by atoms with van der Waals surface area (Å²) in [6.45, 7) is 2.09. The molecule has 0 aliphatic carbocycles. The molecule has 0 saturated heterocycles. The molecule has 2 aromatic rings. The first kappa shape index (κ1) is 12.4. The van der Waals surface area contributed by atoms with Crippen molar-refractivity contribution in [3.05, 3.63) is 51.4 Å². The molecule has 0 spiro atoms. The molecule has 90 valence electrons. The summed E-state index contributed by atoms with van der Waals surface area (Å²) in [5, 5.41) is 5.86. The summed E-state index contributed by atoms with van der Waals surface area (Å²) in [5.41, 5.74) is 0.645. The van der Waals surface area contributed by atoms with Crippen LogP contribution in [-0.2, 0) is 0 Å². The lowest BCUT2D eigenvalue weighted by atomic mass is 10.1. The maximum absolute atomic E-state index is 13.1. The predicted octanol–water partition coefficient (Wildman–Crippen LogP) is 5.10. The van der Waals surface area contributed by atoms with Crippen LogP contribution in [-0.4, -0.2) is 0 Å². The lowest BCUT2D eigenvalue weighted by Gasteiger charge is -2.17. The number of halogens is 2. The third kappa shape index (κ3) is 2.99. The van der Waals surface area contributed by atoms with Crippen molar-refractivity contribution in [3.8, 4) is 0 Å². The summed E-state index contributed by atoms with van der Waals surface area (Å²) in [4.78, 5) is 1.23. The van der Waals surface area contributed by atoms with Gasteiger partial charge in [-0.15, -0.1) is 11.3 Å². The molecule has 4 heteroatoms. The molecule has 0 aliphatic rings. The smallest absolute Gasteiger partial charge is 0.125 e. The fourth-order valence-corrected chi connectivity index (χ4v) is 2.69. The number of anilines is 1. The summed E-state index contributed by atoms with van der Waals surface area (Å²) in [6.07, 6.45) is 0.924. The van der Waals surface area contributed by atoms with Gasteiger partial charge in [0.2, 0.25) is 0 Å². The second kappa shape index (κ2) is 5.52. The van der Waals surface area contributed by atoms with Gasteiger partial charge in [0.15, 0.2) is 0 Å². The fraction of sp³-hybridized carbons (Fsp3) is 0.231. The van der Waals surface area contributed by atoms with E-state index in [0.29, 0.717) is 10.7 Å². The van der Waals surface area contributed by atoms with Crippen molar-refractivity contribution in [2.24, 2.45) is 0 Å². The van der Waals surface area contributed by atoms with Gasteiger partial charge < -0.3 is 5.32 Å². The normalized spacial score (nSPS) is 12.4. The maximum atomic E-state index is 13.1. The lowest BCUT2D eigenvalue weighted by molar-refractivity contribution is 0.627. The van der Waals surface area contributed by atoms with Gasteiger partial charge >= 0.3 is 0 Å². The molecule has 0 saturated carbocycles. The van der Waals surface area contributed by atoms with Gasteiger partial charge in [-0.3, -0.25) is 0 Å². The molecule has 0 radical (unpaired) electrons. The van der Waals surface area contributed by atoms with E-state index in [0.717, 1.165) is 6.42 Å². The Hall–Kier alpha value is -1.06. The zero-order chi connectivity index (χ0) is 12.3. The topological polar surface area (TPSA) is 12.0 Å². The third-order valence-electron chi connectivity index (χ3n) is 2.55. The number of hydrogen-bond donors (Lipinski definition) is 1. The average Bonchev–Trinajstić information content (AvgIpc) is 2.84. The number of hydrogen-bond acceptors (Lipinski definition) is 2. The van der Waals surface area contributed by atoms with Crippen LogP contribution in [0.15, 0.2) is 35.7 Å². The van der Waals surface area contributed by atoms with E-state index in [1.165, 1.54) is 17.0 Å². The van der Waals surface area contributed by atoms with Crippen LogP contribution in [0.25, 0.3) is 0 Å². The molecular formula is C13H13ClFNS. The third-order valence-corrected chi connectivity index (χ3v) is 3.87. The monoisotopic (exact) mass is 269 g/mol.